The minimum Gasteiger partial charge on any atom is -0.491 e. The van der Waals surface area contributed by atoms with Crippen molar-refractivity contribution in [3.8, 4) is 11.5 Å². The van der Waals surface area contributed by atoms with Crippen LogP contribution in [0.2, 0.25) is 0 Å². The lowest BCUT2D eigenvalue weighted by atomic mass is 9.78. The molecule has 0 saturated carbocycles. The van der Waals surface area contributed by atoms with Gasteiger partial charge >= 0.3 is 5.97 Å². The van der Waals surface area contributed by atoms with Gasteiger partial charge in [-0.3, -0.25) is 4.79 Å². The maximum atomic E-state index is 11.1. The highest BCUT2D eigenvalue weighted by Gasteiger charge is 2.25. The quantitative estimate of drug-likeness (QED) is 0.448. The summed E-state index contributed by atoms with van der Waals surface area (Å²) in [6.07, 6.45) is -0.325. The van der Waals surface area contributed by atoms with Gasteiger partial charge in [0.2, 0.25) is 0 Å². The smallest absolute Gasteiger partial charge is 0.305 e. The highest BCUT2D eigenvalue weighted by molar-refractivity contribution is 5.68. The third-order valence-corrected chi connectivity index (χ3v) is 5.16. The summed E-state index contributed by atoms with van der Waals surface area (Å²) in [5, 5.41) is 9.86. The Morgan fingerprint density at radius 3 is 2.07 bits per heavy atom. The zero-order valence-corrected chi connectivity index (χ0v) is 17.8. The van der Waals surface area contributed by atoms with Crippen LogP contribution in [0, 0.1) is 0 Å². The number of aliphatic hydroxyl groups excluding tert-OH is 1. The van der Waals surface area contributed by atoms with Crippen molar-refractivity contribution in [2.75, 3.05) is 26.4 Å². The molecule has 3 rings (SSSR count). The standard InChI is InChI=1S/C24H30O6/c1-4-23(26)30-14-19(25)13-27-20-9-5-17(6-10-20)24(2,3)18-7-11-21(12-8-18)28-15-22-16-29-22/h5-12,19,22,25H,4,13-16H2,1-3H3. The summed E-state index contributed by atoms with van der Waals surface area (Å²) in [7, 11) is 0. The molecule has 0 bridgehead atoms. The van der Waals surface area contributed by atoms with Crippen molar-refractivity contribution in [1.29, 1.82) is 0 Å². The Labute approximate surface area is 177 Å². The monoisotopic (exact) mass is 414 g/mol. The number of ether oxygens (including phenoxy) is 4. The first-order valence-corrected chi connectivity index (χ1v) is 10.3. The van der Waals surface area contributed by atoms with Gasteiger partial charge in [0.05, 0.1) is 6.61 Å². The van der Waals surface area contributed by atoms with E-state index in [0.717, 1.165) is 17.9 Å². The Morgan fingerprint density at radius 2 is 1.57 bits per heavy atom. The van der Waals surface area contributed by atoms with Gasteiger partial charge in [-0.25, -0.2) is 0 Å². The number of rotatable bonds is 11. The second kappa shape index (κ2) is 9.96. The summed E-state index contributed by atoms with van der Waals surface area (Å²) in [4.78, 5) is 11.1. The third-order valence-electron chi connectivity index (χ3n) is 5.16. The highest BCUT2D eigenvalue weighted by atomic mass is 16.6. The van der Waals surface area contributed by atoms with Crippen molar-refractivity contribution in [2.45, 2.75) is 44.8 Å². The van der Waals surface area contributed by atoms with Crippen LogP contribution in [0.25, 0.3) is 0 Å². The molecule has 1 fully saturated rings. The summed E-state index contributed by atoms with van der Waals surface area (Å²) in [5.41, 5.74) is 2.14. The Morgan fingerprint density at radius 1 is 1.03 bits per heavy atom. The van der Waals surface area contributed by atoms with Gasteiger partial charge in [-0.15, -0.1) is 0 Å². The van der Waals surface area contributed by atoms with Crippen LogP contribution in [0.3, 0.4) is 0 Å². The lowest BCUT2D eigenvalue weighted by Crippen LogP contribution is -2.25. The van der Waals surface area contributed by atoms with Crippen LogP contribution in [0.1, 0.15) is 38.3 Å². The maximum Gasteiger partial charge on any atom is 0.305 e. The predicted molar refractivity (Wildman–Crippen MR) is 113 cm³/mol. The zero-order valence-electron chi connectivity index (χ0n) is 17.8. The molecule has 1 heterocycles. The summed E-state index contributed by atoms with van der Waals surface area (Å²) in [6, 6.07) is 16.0. The molecule has 0 aromatic heterocycles. The molecule has 0 amide bonds. The van der Waals surface area contributed by atoms with E-state index in [0.29, 0.717) is 12.4 Å². The Hall–Kier alpha value is -2.57. The van der Waals surface area contributed by atoms with Crippen molar-refractivity contribution < 1.29 is 28.8 Å². The zero-order chi connectivity index (χ0) is 21.6. The van der Waals surface area contributed by atoms with Crippen molar-refractivity contribution in [1.82, 2.24) is 0 Å². The van der Waals surface area contributed by atoms with Gasteiger partial charge in [0.25, 0.3) is 0 Å². The van der Waals surface area contributed by atoms with E-state index in [9.17, 15) is 9.90 Å². The minimum absolute atomic E-state index is 0.0626. The molecule has 1 aliphatic heterocycles. The maximum absolute atomic E-state index is 11.1. The van der Waals surface area contributed by atoms with Gasteiger partial charge in [-0.2, -0.15) is 0 Å². The van der Waals surface area contributed by atoms with E-state index in [4.69, 9.17) is 18.9 Å². The van der Waals surface area contributed by atoms with E-state index in [1.165, 1.54) is 5.56 Å². The minimum atomic E-state index is -0.858. The molecule has 0 aliphatic carbocycles. The first-order valence-electron chi connectivity index (χ1n) is 10.3. The van der Waals surface area contributed by atoms with Gasteiger partial charge in [-0.1, -0.05) is 45.0 Å². The second-order valence-electron chi connectivity index (χ2n) is 7.94. The lowest BCUT2D eigenvalue weighted by Gasteiger charge is -2.26. The number of epoxide rings is 1. The highest BCUT2D eigenvalue weighted by Crippen LogP contribution is 2.33. The fourth-order valence-electron chi connectivity index (χ4n) is 2.99. The average Bonchev–Trinajstić information content (AvgIpc) is 3.59. The van der Waals surface area contributed by atoms with Crippen LogP contribution in [0.15, 0.2) is 48.5 Å². The number of hydrogen-bond donors (Lipinski definition) is 1. The molecule has 2 atom stereocenters. The van der Waals surface area contributed by atoms with Crippen molar-refractivity contribution in [3.05, 3.63) is 59.7 Å². The molecule has 2 aromatic rings. The predicted octanol–water partition coefficient (Wildman–Crippen LogP) is 3.48. The molecule has 0 radical (unpaired) electrons. The Kier molecular flexibility index (Phi) is 7.34. The summed E-state index contributed by atoms with van der Waals surface area (Å²) in [6.45, 7) is 7.43. The van der Waals surface area contributed by atoms with Crippen LogP contribution >= 0.6 is 0 Å². The van der Waals surface area contributed by atoms with E-state index in [-0.39, 0.29) is 37.1 Å². The number of esters is 1. The number of hydrogen-bond acceptors (Lipinski definition) is 6. The van der Waals surface area contributed by atoms with Gasteiger partial charge < -0.3 is 24.1 Å². The molecular weight excluding hydrogens is 384 g/mol. The van der Waals surface area contributed by atoms with Crippen LogP contribution in [-0.4, -0.2) is 49.7 Å². The van der Waals surface area contributed by atoms with Gasteiger partial charge in [0.1, 0.15) is 43.5 Å². The van der Waals surface area contributed by atoms with E-state index in [1.807, 2.05) is 36.4 Å². The van der Waals surface area contributed by atoms with Crippen LogP contribution in [0.4, 0.5) is 0 Å². The summed E-state index contributed by atoms with van der Waals surface area (Å²) < 4.78 is 21.4. The van der Waals surface area contributed by atoms with E-state index in [1.54, 1.807) is 6.92 Å². The number of benzene rings is 2. The van der Waals surface area contributed by atoms with Crippen LogP contribution in [-0.2, 0) is 19.7 Å². The van der Waals surface area contributed by atoms with Gasteiger partial charge in [-0.05, 0) is 35.4 Å². The topological polar surface area (TPSA) is 77.5 Å². The first kappa shape index (κ1) is 22.1. The molecule has 30 heavy (non-hydrogen) atoms. The largest absolute Gasteiger partial charge is 0.491 e. The van der Waals surface area contributed by atoms with Crippen molar-refractivity contribution >= 4 is 5.97 Å². The number of carbonyl (C=O) groups excluding carboxylic acids is 1. The van der Waals surface area contributed by atoms with Crippen molar-refractivity contribution in [2.24, 2.45) is 0 Å². The van der Waals surface area contributed by atoms with Crippen molar-refractivity contribution in [3.63, 3.8) is 0 Å². The molecule has 1 saturated heterocycles. The third kappa shape index (κ3) is 6.21. The van der Waals surface area contributed by atoms with E-state index < -0.39 is 6.10 Å². The fourth-order valence-corrected chi connectivity index (χ4v) is 2.99. The molecule has 162 valence electrons. The van der Waals surface area contributed by atoms with Gasteiger partial charge in [0, 0.05) is 11.8 Å². The molecule has 0 spiro atoms. The molecular formula is C24H30O6. The Balaban J connectivity index is 1.54. The number of carbonyl (C=O) groups is 1. The molecule has 1 N–H and O–H groups in total. The normalized spacial score (nSPS) is 16.6. The van der Waals surface area contributed by atoms with Crippen LogP contribution in [0.5, 0.6) is 11.5 Å². The van der Waals surface area contributed by atoms with Gasteiger partial charge in [0.15, 0.2) is 0 Å². The molecule has 1 aliphatic rings. The average molecular weight is 414 g/mol. The lowest BCUT2D eigenvalue weighted by molar-refractivity contribution is -0.146. The first-order chi connectivity index (χ1) is 14.4. The summed E-state index contributed by atoms with van der Waals surface area (Å²) >= 11 is 0. The molecule has 6 nitrogen and oxygen atoms in total. The number of aliphatic hydroxyl groups is 1. The fraction of sp³-hybridized carbons (Fsp3) is 0.458. The van der Waals surface area contributed by atoms with Crippen LogP contribution < -0.4 is 9.47 Å². The molecule has 2 aromatic carbocycles. The SMILES string of the molecule is CCC(=O)OCC(O)COc1ccc(C(C)(C)c2ccc(OCC3CO3)cc2)cc1. The van der Waals surface area contributed by atoms with E-state index in [2.05, 4.69) is 26.0 Å². The second-order valence-corrected chi connectivity index (χ2v) is 7.94. The van der Waals surface area contributed by atoms with E-state index >= 15 is 0 Å². The Bertz CT molecular complexity index is 809. The molecule has 2 unspecified atom stereocenters. The summed E-state index contributed by atoms with van der Waals surface area (Å²) in [5.74, 6) is 1.16. The molecule has 6 heteroatoms.